The molecule has 0 heterocycles. The Morgan fingerprint density at radius 3 is 2.38 bits per heavy atom. The smallest absolute Gasteiger partial charge is 0.251 e. The highest BCUT2D eigenvalue weighted by Crippen LogP contribution is 2.24. The summed E-state index contributed by atoms with van der Waals surface area (Å²) in [6.07, 6.45) is 5.79. The maximum absolute atomic E-state index is 12.2. The summed E-state index contributed by atoms with van der Waals surface area (Å²) >= 11 is 0. The second-order valence-corrected chi connectivity index (χ2v) is 8.67. The van der Waals surface area contributed by atoms with E-state index in [1.807, 2.05) is 0 Å². The highest BCUT2D eigenvalue weighted by Gasteiger charge is 2.28. The molecule has 2 amide bonds. The number of hydrogen-bond donors (Lipinski definition) is 3. The number of nitrogens with one attached hydrogen (secondary N) is 3. The van der Waals surface area contributed by atoms with Crippen molar-refractivity contribution in [3.63, 3.8) is 0 Å². The quantitative estimate of drug-likeness (QED) is 0.590. The molecule has 2 aliphatic rings. The molecule has 2 fully saturated rings. The van der Waals surface area contributed by atoms with Crippen LogP contribution in [-0.4, -0.2) is 39.4 Å². The fourth-order valence-corrected chi connectivity index (χ4v) is 4.44. The third-order valence-corrected chi connectivity index (χ3v) is 6.26. The van der Waals surface area contributed by atoms with Gasteiger partial charge < -0.3 is 10.6 Å². The second kappa shape index (κ2) is 8.18. The molecule has 3 rings (SSSR count). The van der Waals surface area contributed by atoms with Gasteiger partial charge in [-0.2, -0.15) is 0 Å². The van der Waals surface area contributed by atoms with E-state index in [4.69, 9.17) is 0 Å². The van der Waals surface area contributed by atoms with E-state index < -0.39 is 10.0 Å². The number of carbonyl (C=O) groups is 2. The van der Waals surface area contributed by atoms with Crippen molar-refractivity contribution in [1.82, 2.24) is 15.4 Å². The summed E-state index contributed by atoms with van der Waals surface area (Å²) in [5.74, 6) is -0.203. The summed E-state index contributed by atoms with van der Waals surface area (Å²) in [6.45, 7) is 0.664. The lowest BCUT2D eigenvalue weighted by molar-refractivity contribution is -0.124. The Morgan fingerprint density at radius 2 is 1.69 bits per heavy atom. The van der Waals surface area contributed by atoms with Crippen LogP contribution in [0.25, 0.3) is 0 Å². The lowest BCUT2D eigenvalue weighted by Crippen LogP contribution is -2.37. The highest BCUT2D eigenvalue weighted by molar-refractivity contribution is 7.89. The molecule has 142 valence electrons. The minimum absolute atomic E-state index is 0.0148. The van der Waals surface area contributed by atoms with Crippen molar-refractivity contribution in [2.24, 2.45) is 5.92 Å². The molecular weight excluding hydrogens is 354 g/mol. The fourth-order valence-electron chi connectivity index (χ4n) is 3.09. The zero-order valence-electron chi connectivity index (χ0n) is 14.7. The summed E-state index contributed by atoms with van der Waals surface area (Å²) in [4.78, 5) is 24.2. The topological polar surface area (TPSA) is 104 Å². The molecule has 3 N–H and O–H groups in total. The van der Waals surface area contributed by atoms with Crippen molar-refractivity contribution in [2.45, 2.75) is 49.5 Å². The Kier molecular flexibility index (Phi) is 5.93. The van der Waals surface area contributed by atoms with Crippen LogP contribution in [0.3, 0.4) is 0 Å². The van der Waals surface area contributed by atoms with Gasteiger partial charge in [0.15, 0.2) is 0 Å². The van der Waals surface area contributed by atoms with Crippen molar-refractivity contribution in [2.75, 3.05) is 13.1 Å². The van der Waals surface area contributed by atoms with Crippen LogP contribution in [0, 0.1) is 5.92 Å². The number of rotatable bonds is 8. The van der Waals surface area contributed by atoms with Gasteiger partial charge in [-0.25, -0.2) is 13.1 Å². The van der Waals surface area contributed by atoms with Crippen molar-refractivity contribution in [3.8, 4) is 0 Å². The molecule has 1 aromatic carbocycles. The van der Waals surface area contributed by atoms with E-state index in [0.29, 0.717) is 13.1 Å². The molecule has 0 aromatic heterocycles. The van der Waals surface area contributed by atoms with Gasteiger partial charge in [0, 0.05) is 30.6 Å². The van der Waals surface area contributed by atoms with E-state index >= 15 is 0 Å². The van der Waals surface area contributed by atoms with Gasteiger partial charge in [0.05, 0.1) is 4.90 Å². The van der Waals surface area contributed by atoms with Crippen LogP contribution in [0.4, 0.5) is 0 Å². The van der Waals surface area contributed by atoms with Gasteiger partial charge in [0.25, 0.3) is 5.91 Å². The predicted octanol–water partition coefficient (Wildman–Crippen LogP) is 1.16. The van der Waals surface area contributed by atoms with Crippen LogP contribution in [0.15, 0.2) is 29.2 Å². The van der Waals surface area contributed by atoms with Gasteiger partial charge in [-0.3, -0.25) is 9.59 Å². The molecular formula is C18H25N3O4S. The Hall–Kier alpha value is -1.93. The number of carbonyl (C=O) groups excluding carboxylic acids is 2. The minimum atomic E-state index is -3.59. The van der Waals surface area contributed by atoms with E-state index in [0.717, 1.165) is 38.5 Å². The molecule has 0 aliphatic heterocycles. The first-order valence-corrected chi connectivity index (χ1v) is 10.6. The highest BCUT2D eigenvalue weighted by atomic mass is 32.2. The minimum Gasteiger partial charge on any atom is -0.354 e. The van der Waals surface area contributed by atoms with Gasteiger partial charge in [0.1, 0.15) is 0 Å². The number of hydrogen-bond acceptors (Lipinski definition) is 4. The average molecular weight is 379 g/mol. The average Bonchev–Trinajstić information content (AvgIpc) is 3.25. The van der Waals surface area contributed by atoms with Crippen LogP contribution in [-0.2, 0) is 14.8 Å². The third-order valence-electron chi connectivity index (χ3n) is 4.74. The fraction of sp³-hybridized carbons (Fsp3) is 0.556. The van der Waals surface area contributed by atoms with Crippen molar-refractivity contribution in [1.29, 1.82) is 0 Å². The predicted molar refractivity (Wildman–Crippen MR) is 97.1 cm³/mol. The van der Waals surface area contributed by atoms with Crippen LogP contribution < -0.4 is 15.4 Å². The number of amides is 2. The van der Waals surface area contributed by atoms with Crippen molar-refractivity contribution < 1.29 is 18.0 Å². The Balaban J connectivity index is 1.48. The maximum Gasteiger partial charge on any atom is 0.251 e. The first-order valence-electron chi connectivity index (χ1n) is 9.14. The summed E-state index contributed by atoms with van der Waals surface area (Å²) in [5.41, 5.74) is 0.283. The van der Waals surface area contributed by atoms with Gasteiger partial charge in [-0.1, -0.05) is 18.9 Å². The van der Waals surface area contributed by atoms with Crippen molar-refractivity contribution >= 4 is 21.8 Å². The normalized spacial score (nSPS) is 17.8. The maximum atomic E-state index is 12.2. The molecule has 8 heteroatoms. The third kappa shape index (κ3) is 5.04. The number of benzene rings is 1. The second-order valence-electron chi connectivity index (χ2n) is 6.95. The molecule has 26 heavy (non-hydrogen) atoms. The molecule has 0 radical (unpaired) electrons. The molecule has 0 atom stereocenters. The SMILES string of the molecule is O=C(NCCNC(=O)C1CCCC1)c1cccc(S(=O)(=O)NC2CC2)c1. The molecule has 1 aromatic rings. The lowest BCUT2D eigenvalue weighted by Gasteiger charge is -2.11. The molecule has 0 bridgehead atoms. The monoisotopic (exact) mass is 379 g/mol. The van der Waals surface area contributed by atoms with Gasteiger partial charge in [-0.15, -0.1) is 0 Å². The first-order chi connectivity index (χ1) is 12.5. The standard InChI is InChI=1S/C18H25N3O4S/c22-17(13-4-1-2-5-13)19-10-11-20-18(23)14-6-3-7-16(12-14)26(24,25)21-15-8-9-15/h3,6-7,12-13,15,21H,1-2,4-5,8-11H2,(H,19,22)(H,20,23). The van der Waals surface area contributed by atoms with E-state index in [1.54, 1.807) is 12.1 Å². The number of sulfonamides is 1. The van der Waals surface area contributed by atoms with Crippen LogP contribution >= 0.6 is 0 Å². The zero-order valence-corrected chi connectivity index (χ0v) is 15.5. The summed E-state index contributed by atoms with van der Waals surface area (Å²) in [5, 5.41) is 5.54. The van der Waals surface area contributed by atoms with E-state index in [2.05, 4.69) is 15.4 Å². The molecule has 2 aliphatic carbocycles. The molecule has 2 saturated carbocycles. The Bertz CT molecular complexity index is 768. The largest absolute Gasteiger partial charge is 0.354 e. The van der Waals surface area contributed by atoms with Crippen LogP contribution in [0.2, 0.25) is 0 Å². The van der Waals surface area contributed by atoms with E-state index in [-0.39, 0.29) is 34.2 Å². The molecule has 0 spiro atoms. The Morgan fingerprint density at radius 1 is 1.00 bits per heavy atom. The van der Waals surface area contributed by atoms with Crippen LogP contribution in [0.1, 0.15) is 48.9 Å². The summed E-state index contributed by atoms with van der Waals surface area (Å²) < 4.78 is 27.1. The Labute approximate surface area is 154 Å². The zero-order chi connectivity index (χ0) is 18.6. The van der Waals surface area contributed by atoms with Crippen LogP contribution in [0.5, 0.6) is 0 Å². The summed E-state index contributed by atoms with van der Waals surface area (Å²) in [6, 6.07) is 5.99. The van der Waals surface area contributed by atoms with Crippen molar-refractivity contribution in [3.05, 3.63) is 29.8 Å². The molecule has 0 saturated heterocycles. The van der Waals surface area contributed by atoms with E-state index in [9.17, 15) is 18.0 Å². The molecule has 0 unspecified atom stereocenters. The summed E-state index contributed by atoms with van der Waals surface area (Å²) in [7, 11) is -3.59. The van der Waals surface area contributed by atoms with Gasteiger partial charge >= 0.3 is 0 Å². The molecule has 7 nitrogen and oxygen atoms in total. The van der Waals surface area contributed by atoms with E-state index in [1.165, 1.54) is 12.1 Å². The first kappa shape index (κ1) is 18.8. The van der Waals surface area contributed by atoms with Gasteiger partial charge in [0.2, 0.25) is 15.9 Å². The van der Waals surface area contributed by atoms with Gasteiger partial charge in [-0.05, 0) is 43.9 Å². The lowest BCUT2D eigenvalue weighted by atomic mass is 10.1.